The van der Waals surface area contributed by atoms with Crippen molar-refractivity contribution >= 4 is 23.3 Å². The fourth-order valence-electron chi connectivity index (χ4n) is 0.845. The highest BCUT2D eigenvalue weighted by Gasteiger charge is 2.08. The maximum absolute atomic E-state index is 13.1. The van der Waals surface area contributed by atoms with Crippen LogP contribution in [0.15, 0.2) is 18.2 Å². The molecule has 74 valence electrons. The number of halogens is 1. The average molecular weight is 214 g/mol. The Balaban J connectivity index is 3.01. The van der Waals surface area contributed by atoms with Crippen LogP contribution in [0.25, 0.3) is 0 Å². The SMILES string of the molecule is NC(=O)Oc1ccc(C(N)=S)cc1F. The Bertz CT molecular complexity index is 395. The summed E-state index contributed by atoms with van der Waals surface area (Å²) < 4.78 is 17.5. The lowest BCUT2D eigenvalue weighted by atomic mass is 10.2. The number of rotatable bonds is 2. The highest BCUT2D eigenvalue weighted by molar-refractivity contribution is 7.80. The highest BCUT2D eigenvalue weighted by atomic mass is 32.1. The van der Waals surface area contributed by atoms with Crippen molar-refractivity contribution in [1.82, 2.24) is 0 Å². The van der Waals surface area contributed by atoms with Gasteiger partial charge in [0.25, 0.3) is 0 Å². The first-order valence-corrected chi connectivity index (χ1v) is 3.98. The molecule has 1 rings (SSSR count). The molecule has 0 saturated carbocycles. The predicted molar refractivity (Wildman–Crippen MR) is 52.5 cm³/mol. The highest BCUT2D eigenvalue weighted by Crippen LogP contribution is 2.18. The van der Waals surface area contributed by atoms with Crippen LogP contribution in [0, 0.1) is 5.82 Å². The number of benzene rings is 1. The van der Waals surface area contributed by atoms with Crippen LogP contribution in [0.3, 0.4) is 0 Å². The fourth-order valence-corrected chi connectivity index (χ4v) is 0.972. The number of hydrogen-bond donors (Lipinski definition) is 2. The van der Waals surface area contributed by atoms with Crippen LogP contribution in [-0.2, 0) is 0 Å². The summed E-state index contributed by atoms with van der Waals surface area (Å²) in [6.07, 6.45) is -1.08. The Labute approximate surface area is 84.6 Å². The van der Waals surface area contributed by atoms with Crippen molar-refractivity contribution < 1.29 is 13.9 Å². The van der Waals surface area contributed by atoms with Gasteiger partial charge in [-0.1, -0.05) is 12.2 Å². The lowest BCUT2D eigenvalue weighted by molar-refractivity contribution is 0.208. The molecule has 0 heterocycles. The van der Waals surface area contributed by atoms with Gasteiger partial charge in [0.2, 0.25) is 0 Å². The van der Waals surface area contributed by atoms with Gasteiger partial charge >= 0.3 is 6.09 Å². The van der Waals surface area contributed by atoms with Crippen molar-refractivity contribution in [2.45, 2.75) is 0 Å². The van der Waals surface area contributed by atoms with Crippen LogP contribution in [0.1, 0.15) is 5.56 Å². The molecule has 0 atom stereocenters. The van der Waals surface area contributed by atoms with Crippen LogP contribution in [0.2, 0.25) is 0 Å². The lowest BCUT2D eigenvalue weighted by Gasteiger charge is -2.03. The van der Waals surface area contributed by atoms with Crippen molar-refractivity contribution in [3.05, 3.63) is 29.6 Å². The van der Waals surface area contributed by atoms with Gasteiger partial charge in [0.15, 0.2) is 11.6 Å². The van der Waals surface area contributed by atoms with Gasteiger partial charge < -0.3 is 16.2 Å². The third-order valence-electron chi connectivity index (χ3n) is 1.43. The molecule has 0 bridgehead atoms. The molecular formula is C8H7FN2O2S. The van der Waals surface area contributed by atoms with Gasteiger partial charge in [0.1, 0.15) is 4.99 Å². The molecule has 1 aromatic rings. The number of ether oxygens (including phenoxy) is 1. The van der Waals surface area contributed by atoms with Gasteiger partial charge in [0, 0.05) is 5.56 Å². The minimum atomic E-state index is -1.08. The zero-order valence-corrected chi connectivity index (χ0v) is 7.81. The van der Waals surface area contributed by atoms with E-state index in [0.717, 1.165) is 6.07 Å². The first kappa shape index (κ1) is 10.4. The van der Waals surface area contributed by atoms with Gasteiger partial charge in [-0.05, 0) is 18.2 Å². The van der Waals surface area contributed by atoms with Gasteiger partial charge in [-0.2, -0.15) is 0 Å². The standard InChI is InChI=1S/C8H7FN2O2S/c9-5-3-4(7(10)14)1-2-6(5)13-8(11)12/h1-3H,(H2,10,14)(H2,11,12). The number of carbonyl (C=O) groups excluding carboxylic acids is 1. The number of primary amides is 1. The van der Waals surface area contributed by atoms with Crippen LogP contribution >= 0.6 is 12.2 Å². The minimum Gasteiger partial charge on any atom is -0.407 e. The molecule has 0 fully saturated rings. The molecule has 4 nitrogen and oxygen atoms in total. The van der Waals surface area contributed by atoms with E-state index in [1.165, 1.54) is 12.1 Å². The van der Waals surface area contributed by atoms with Crippen molar-refractivity contribution in [2.75, 3.05) is 0 Å². The second-order valence-electron chi connectivity index (χ2n) is 2.43. The average Bonchev–Trinajstić information content (AvgIpc) is 2.07. The fraction of sp³-hybridized carbons (Fsp3) is 0. The summed E-state index contributed by atoms with van der Waals surface area (Å²) in [5.41, 5.74) is 10.3. The van der Waals surface area contributed by atoms with Crippen LogP contribution in [0.4, 0.5) is 9.18 Å². The predicted octanol–water partition coefficient (Wildman–Crippen LogP) is 0.917. The molecule has 0 aliphatic carbocycles. The molecule has 1 aromatic carbocycles. The number of nitrogens with two attached hydrogens (primary N) is 2. The molecule has 0 aromatic heterocycles. The Morgan fingerprint density at radius 2 is 2.07 bits per heavy atom. The molecule has 0 aliphatic rings. The zero-order chi connectivity index (χ0) is 10.7. The molecule has 1 amide bonds. The number of thiocarbonyl (C=S) groups is 1. The Morgan fingerprint density at radius 1 is 1.43 bits per heavy atom. The van der Waals surface area contributed by atoms with E-state index < -0.39 is 11.9 Å². The van der Waals surface area contributed by atoms with E-state index in [9.17, 15) is 9.18 Å². The Kier molecular flexibility index (Phi) is 2.98. The van der Waals surface area contributed by atoms with E-state index in [4.69, 9.17) is 11.5 Å². The molecule has 6 heteroatoms. The largest absolute Gasteiger partial charge is 0.410 e. The summed E-state index contributed by atoms with van der Waals surface area (Å²) in [7, 11) is 0. The molecular weight excluding hydrogens is 207 g/mol. The van der Waals surface area contributed by atoms with E-state index >= 15 is 0 Å². The summed E-state index contributed by atoms with van der Waals surface area (Å²) in [5.74, 6) is -0.994. The summed E-state index contributed by atoms with van der Waals surface area (Å²) in [4.78, 5) is 10.4. The maximum Gasteiger partial charge on any atom is 0.410 e. The van der Waals surface area contributed by atoms with Crippen molar-refractivity contribution in [3.8, 4) is 5.75 Å². The smallest absolute Gasteiger partial charge is 0.407 e. The molecule has 0 spiro atoms. The van der Waals surface area contributed by atoms with Crippen LogP contribution in [0.5, 0.6) is 5.75 Å². The number of hydrogen-bond acceptors (Lipinski definition) is 3. The third kappa shape index (κ3) is 2.40. The second-order valence-corrected chi connectivity index (χ2v) is 2.87. The molecule has 0 radical (unpaired) electrons. The topological polar surface area (TPSA) is 78.3 Å². The second kappa shape index (κ2) is 4.01. The maximum atomic E-state index is 13.1. The van der Waals surface area contributed by atoms with Crippen molar-refractivity contribution in [1.29, 1.82) is 0 Å². The minimum absolute atomic E-state index is 0.0644. The van der Waals surface area contributed by atoms with Gasteiger partial charge in [-0.15, -0.1) is 0 Å². The van der Waals surface area contributed by atoms with Gasteiger partial charge in [0.05, 0.1) is 0 Å². The monoisotopic (exact) mass is 214 g/mol. The van der Waals surface area contributed by atoms with Crippen LogP contribution in [-0.4, -0.2) is 11.1 Å². The van der Waals surface area contributed by atoms with E-state index in [2.05, 4.69) is 17.0 Å². The number of amides is 1. The van der Waals surface area contributed by atoms with Crippen molar-refractivity contribution in [3.63, 3.8) is 0 Å². The molecule has 0 saturated heterocycles. The van der Waals surface area contributed by atoms with E-state index in [1.54, 1.807) is 0 Å². The summed E-state index contributed by atoms with van der Waals surface area (Å²) in [6, 6.07) is 3.74. The van der Waals surface area contributed by atoms with Gasteiger partial charge in [-0.3, -0.25) is 0 Å². The molecule has 0 aliphatic heterocycles. The third-order valence-corrected chi connectivity index (χ3v) is 1.66. The zero-order valence-electron chi connectivity index (χ0n) is 6.99. The Morgan fingerprint density at radius 3 is 2.50 bits per heavy atom. The summed E-state index contributed by atoms with van der Waals surface area (Å²) in [5, 5.41) is 0. The first-order chi connectivity index (χ1) is 6.50. The molecule has 0 unspecified atom stereocenters. The first-order valence-electron chi connectivity index (χ1n) is 3.57. The van der Waals surface area contributed by atoms with Gasteiger partial charge in [-0.25, -0.2) is 9.18 Å². The lowest BCUT2D eigenvalue weighted by Crippen LogP contribution is -2.17. The number of carbonyl (C=O) groups is 1. The Hall–Kier alpha value is -1.69. The van der Waals surface area contributed by atoms with Crippen LogP contribution < -0.4 is 16.2 Å². The molecule has 4 N–H and O–H groups in total. The normalized spacial score (nSPS) is 9.50. The summed E-state index contributed by atoms with van der Waals surface area (Å²) in [6.45, 7) is 0. The van der Waals surface area contributed by atoms with Crippen molar-refractivity contribution in [2.24, 2.45) is 11.5 Å². The van der Waals surface area contributed by atoms with E-state index in [-0.39, 0.29) is 10.7 Å². The van der Waals surface area contributed by atoms with E-state index in [1.807, 2.05) is 0 Å². The molecule has 14 heavy (non-hydrogen) atoms. The summed E-state index contributed by atoms with van der Waals surface area (Å²) >= 11 is 4.63. The van der Waals surface area contributed by atoms with E-state index in [0.29, 0.717) is 5.56 Å². The quantitative estimate of drug-likeness (QED) is 0.717.